The molecule has 7 nitrogen and oxygen atoms in total. The zero-order valence-corrected chi connectivity index (χ0v) is 17.6. The number of carbonyl (C=O) groups excluding carboxylic acids is 1. The molecule has 0 fully saturated rings. The number of hydrogen-bond acceptors (Lipinski definition) is 5. The number of sulfonamides is 1. The van der Waals surface area contributed by atoms with Gasteiger partial charge in [0.2, 0.25) is 5.91 Å². The van der Waals surface area contributed by atoms with Gasteiger partial charge in [-0.05, 0) is 31.4 Å². The highest BCUT2D eigenvalue weighted by atomic mass is 32.2. The van der Waals surface area contributed by atoms with Crippen LogP contribution in [0.15, 0.2) is 34.2 Å². The van der Waals surface area contributed by atoms with Crippen LogP contribution in [0.25, 0.3) is 0 Å². The Hall–Kier alpha value is -1.93. The largest absolute Gasteiger partial charge is 0.381 e. The minimum Gasteiger partial charge on any atom is -0.381 e. The number of ether oxygens (including phenoxy) is 1. The zero-order valence-electron chi connectivity index (χ0n) is 16.7. The van der Waals surface area contributed by atoms with E-state index in [1.165, 1.54) is 0 Å². The van der Waals surface area contributed by atoms with Gasteiger partial charge in [-0.25, -0.2) is 8.42 Å². The van der Waals surface area contributed by atoms with E-state index in [0.29, 0.717) is 25.1 Å². The maximum atomic E-state index is 12.6. The summed E-state index contributed by atoms with van der Waals surface area (Å²) in [5.74, 6) is 0.0628. The van der Waals surface area contributed by atoms with Crippen molar-refractivity contribution in [3.05, 3.63) is 29.8 Å². The molecule has 2 N–H and O–H groups in total. The lowest BCUT2D eigenvalue weighted by Crippen LogP contribution is -2.36. The van der Waals surface area contributed by atoms with Crippen LogP contribution in [0.4, 0.5) is 0 Å². The van der Waals surface area contributed by atoms with Gasteiger partial charge < -0.3 is 10.1 Å². The van der Waals surface area contributed by atoms with Crippen molar-refractivity contribution in [2.75, 3.05) is 19.8 Å². The molecular weight excluding hydrogens is 378 g/mol. The molecule has 156 valence electrons. The average molecular weight is 410 g/mol. The second-order valence-corrected chi connectivity index (χ2v) is 8.50. The van der Waals surface area contributed by atoms with E-state index in [1.54, 1.807) is 24.3 Å². The number of unbranched alkanes of at least 4 members (excludes halogenated alkanes) is 2. The van der Waals surface area contributed by atoms with E-state index in [2.05, 4.69) is 22.0 Å². The molecule has 1 aromatic rings. The Morgan fingerprint density at radius 2 is 1.86 bits per heavy atom. The molecule has 8 heteroatoms. The van der Waals surface area contributed by atoms with Crippen LogP contribution in [0.5, 0.6) is 0 Å². The number of hydrogen-bond donors (Lipinski definition) is 2. The van der Waals surface area contributed by atoms with Gasteiger partial charge in [0, 0.05) is 25.3 Å². The molecule has 0 saturated heterocycles. The van der Waals surface area contributed by atoms with Crippen LogP contribution >= 0.6 is 0 Å². The normalized spacial score (nSPS) is 17.1. The number of carbonyl (C=O) groups is 1. The Kier molecular flexibility index (Phi) is 8.92. The summed E-state index contributed by atoms with van der Waals surface area (Å²) in [6, 6.07) is 6.06. The third kappa shape index (κ3) is 6.31. The molecule has 1 heterocycles. The number of fused-ring (bicyclic) bond motifs is 1. The van der Waals surface area contributed by atoms with Gasteiger partial charge in [0.25, 0.3) is 10.0 Å². The molecule has 1 aliphatic rings. The molecule has 1 atom stereocenters. The fourth-order valence-electron chi connectivity index (χ4n) is 2.89. The van der Waals surface area contributed by atoms with Gasteiger partial charge in [-0.15, -0.1) is 0 Å². The highest BCUT2D eigenvalue weighted by Gasteiger charge is 2.31. The van der Waals surface area contributed by atoms with Crippen molar-refractivity contribution >= 4 is 21.8 Å². The molecule has 1 aromatic carbocycles. The van der Waals surface area contributed by atoms with Crippen molar-refractivity contribution < 1.29 is 17.9 Å². The maximum absolute atomic E-state index is 12.6. The second kappa shape index (κ2) is 11.2. The van der Waals surface area contributed by atoms with Gasteiger partial charge in [0.15, 0.2) is 0 Å². The minimum absolute atomic E-state index is 0.182. The van der Waals surface area contributed by atoms with Crippen LogP contribution < -0.4 is 10.0 Å². The maximum Gasteiger partial charge on any atom is 0.263 e. The monoisotopic (exact) mass is 409 g/mol. The molecule has 0 aliphatic carbocycles. The molecule has 0 saturated carbocycles. The fraction of sp³-hybridized carbons (Fsp3) is 0.600. The number of amidine groups is 1. The second-order valence-electron chi connectivity index (χ2n) is 6.85. The van der Waals surface area contributed by atoms with Crippen molar-refractivity contribution in [1.82, 2.24) is 10.0 Å². The Morgan fingerprint density at radius 1 is 1.14 bits per heavy atom. The Morgan fingerprint density at radius 3 is 2.61 bits per heavy atom. The molecule has 1 unspecified atom stereocenters. The van der Waals surface area contributed by atoms with Crippen molar-refractivity contribution in [3.63, 3.8) is 0 Å². The first-order chi connectivity index (χ1) is 13.5. The van der Waals surface area contributed by atoms with Crippen molar-refractivity contribution in [2.45, 2.75) is 63.3 Å². The van der Waals surface area contributed by atoms with E-state index in [0.717, 1.165) is 38.7 Å². The van der Waals surface area contributed by atoms with E-state index in [-0.39, 0.29) is 16.6 Å². The van der Waals surface area contributed by atoms with Gasteiger partial charge in [0.1, 0.15) is 11.9 Å². The quantitative estimate of drug-likeness (QED) is 0.519. The third-order valence-electron chi connectivity index (χ3n) is 4.49. The van der Waals surface area contributed by atoms with Gasteiger partial charge in [-0.3, -0.25) is 14.5 Å². The lowest BCUT2D eigenvalue weighted by atomic mass is 10.1. The Labute approximate surface area is 168 Å². The van der Waals surface area contributed by atoms with Gasteiger partial charge >= 0.3 is 0 Å². The lowest BCUT2D eigenvalue weighted by molar-refractivity contribution is -0.122. The standard InChI is InChI=1S/C20H31N3O4S/c1-3-5-11-17(20(24)21-13-9-15-27-14-6-4-2)22-19-16-10-7-8-12-18(16)28(25,26)23-19/h7-8,10,12,17H,3-6,9,11,13-15H2,1-2H3,(H,21,24)(H,22,23). The van der Waals surface area contributed by atoms with E-state index < -0.39 is 16.1 Å². The van der Waals surface area contributed by atoms with Crippen LogP contribution in [-0.2, 0) is 19.6 Å². The summed E-state index contributed by atoms with van der Waals surface area (Å²) in [4.78, 5) is 17.3. The molecule has 1 amide bonds. The van der Waals surface area contributed by atoms with E-state index in [9.17, 15) is 13.2 Å². The molecule has 28 heavy (non-hydrogen) atoms. The summed E-state index contributed by atoms with van der Waals surface area (Å²) in [5.41, 5.74) is 0.515. The molecular formula is C20H31N3O4S. The summed E-state index contributed by atoms with van der Waals surface area (Å²) >= 11 is 0. The summed E-state index contributed by atoms with van der Waals surface area (Å²) in [6.45, 7) is 6.03. The van der Waals surface area contributed by atoms with Crippen LogP contribution in [0.2, 0.25) is 0 Å². The van der Waals surface area contributed by atoms with Crippen molar-refractivity contribution in [3.8, 4) is 0 Å². The number of benzene rings is 1. The van der Waals surface area contributed by atoms with Crippen molar-refractivity contribution in [1.29, 1.82) is 0 Å². The topological polar surface area (TPSA) is 96.9 Å². The molecule has 0 radical (unpaired) electrons. The summed E-state index contributed by atoms with van der Waals surface area (Å²) in [5, 5.41) is 2.90. The number of aliphatic imine (C=N–C) groups is 1. The van der Waals surface area contributed by atoms with Gasteiger partial charge in [-0.1, -0.05) is 45.2 Å². The zero-order chi connectivity index (χ0) is 20.4. The number of rotatable bonds is 12. The van der Waals surface area contributed by atoms with Crippen LogP contribution in [0.1, 0.15) is 57.9 Å². The predicted molar refractivity (Wildman–Crippen MR) is 110 cm³/mol. The molecule has 1 aliphatic heterocycles. The number of nitrogens with zero attached hydrogens (tertiary/aromatic N) is 1. The fourth-order valence-corrected chi connectivity index (χ4v) is 4.13. The summed E-state index contributed by atoms with van der Waals surface area (Å²) < 4.78 is 32.5. The SMILES string of the molecule is CCCCOCCCNC(=O)C(CCCC)N=C1NS(=O)(=O)c2ccccc21. The molecule has 0 spiro atoms. The Bertz CT molecular complexity index is 777. The predicted octanol–water partition coefficient (Wildman–Crippen LogP) is 2.61. The average Bonchev–Trinajstić information content (AvgIpc) is 2.94. The highest BCUT2D eigenvalue weighted by Crippen LogP contribution is 2.23. The molecule has 2 rings (SSSR count). The van der Waals surface area contributed by atoms with Gasteiger partial charge in [-0.2, -0.15) is 0 Å². The summed E-state index contributed by atoms with van der Waals surface area (Å²) in [6.07, 6.45) is 5.22. The third-order valence-corrected chi connectivity index (χ3v) is 5.89. The first-order valence-electron chi connectivity index (χ1n) is 10.0. The lowest BCUT2D eigenvalue weighted by Gasteiger charge is -2.14. The smallest absolute Gasteiger partial charge is 0.263 e. The molecule has 0 aromatic heterocycles. The van der Waals surface area contributed by atoms with Gasteiger partial charge in [0.05, 0.1) is 4.90 Å². The van der Waals surface area contributed by atoms with Crippen LogP contribution in [-0.4, -0.2) is 46.0 Å². The van der Waals surface area contributed by atoms with E-state index in [4.69, 9.17) is 4.74 Å². The number of amides is 1. The first-order valence-corrected chi connectivity index (χ1v) is 11.5. The van der Waals surface area contributed by atoms with Crippen LogP contribution in [0.3, 0.4) is 0 Å². The number of nitrogens with one attached hydrogen (secondary N) is 2. The Balaban J connectivity index is 2.00. The van der Waals surface area contributed by atoms with Crippen molar-refractivity contribution in [2.24, 2.45) is 4.99 Å². The summed E-state index contributed by atoms with van der Waals surface area (Å²) in [7, 11) is -3.61. The minimum atomic E-state index is -3.61. The highest BCUT2D eigenvalue weighted by molar-refractivity contribution is 7.90. The first kappa shape index (κ1) is 22.4. The molecule has 0 bridgehead atoms. The van der Waals surface area contributed by atoms with E-state index in [1.807, 2.05) is 6.92 Å². The van der Waals surface area contributed by atoms with E-state index >= 15 is 0 Å². The van der Waals surface area contributed by atoms with Crippen LogP contribution in [0, 0.1) is 0 Å².